The molecule has 16 heavy (non-hydrogen) atoms. The maximum atomic E-state index is 5.61. The summed E-state index contributed by atoms with van der Waals surface area (Å²) in [6, 6.07) is 5.73. The van der Waals surface area contributed by atoms with Gasteiger partial charge in [-0.15, -0.1) is 11.3 Å². The van der Waals surface area contributed by atoms with Crippen LogP contribution in [-0.4, -0.2) is 4.98 Å². The van der Waals surface area contributed by atoms with Crippen LogP contribution in [0.5, 0.6) is 0 Å². The van der Waals surface area contributed by atoms with E-state index < -0.39 is 0 Å². The lowest BCUT2D eigenvalue weighted by Gasteiger charge is -2.15. The predicted molar refractivity (Wildman–Crippen MR) is 73.1 cm³/mol. The molecule has 0 aliphatic rings. The normalized spacial score (nSPS) is 12.7. The summed E-state index contributed by atoms with van der Waals surface area (Å²) in [6.07, 6.45) is 1.76. The highest BCUT2D eigenvalue weighted by molar-refractivity contribution is 9.10. The Hall–Kier alpha value is -0.270. The number of thiophene rings is 1. The van der Waals surface area contributed by atoms with Crippen LogP contribution in [0.15, 0.2) is 38.7 Å². The minimum Gasteiger partial charge on any atom is -0.270 e. The molecular weight excluding hydrogens is 354 g/mol. The van der Waals surface area contributed by atoms with Crippen LogP contribution < -0.4 is 11.3 Å². The van der Waals surface area contributed by atoms with Crippen molar-refractivity contribution in [3.63, 3.8) is 0 Å². The summed E-state index contributed by atoms with van der Waals surface area (Å²) in [5, 5.41) is 2.01. The van der Waals surface area contributed by atoms with Crippen molar-refractivity contribution in [3.05, 3.63) is 49.3 Å². The van der Waals surface area contributed by atoms with E-state index in [9.17, 15) is 0 Å². The Morgan fingerprint density at radius 3 is 2.69 bits per heavy atom. The lowest BCUT2D eigenvalue weighted by Crippen LogP contribution is -2.29. The first-order valence-corrected chi connectivity index (χ1v) is 7.00. The van der Waals surface area contributed by atoms with Crippen molar-refractivity contribution < 1.29 is 0 Å². The van der Waals surface area contributed by atoms with E-state index in [1.807, 2.05) is 23.6 Å². The third kappa shape index (κ3) is 2.36. The van der Waals surface area contributed by atoms with E-state index in [2.05, 4.69) is 42.3 Å². The molecule has 0 saturated carbocycles. The Bertz CT molecular complexity index is 486. The van der Waals surface area contributed by atoms with Crippen LogP contribution in [0, 0.1) is 0 Å². The van der Waals surface area contributed by atoms with Gasteiger partial charge in [-0.05, 0) is 55.4 Å². The molecule has 2 aromatic heterocycles. The summed E-state index contributed by atoms with van der Waals surface area (Å²) in [4.78, 5) is 5.46. The molecule has 0 amide bonds. The van der Waals surface area contributed by atoms with Crippen molar-refractivity contribution in [3.8, 4) is 0 Å². The molecule has 1 atom stereocenters. The number of hydrogen-bond acceptors (Lipinski definition) is 4. The Morgan fingerprint density at radius 2 is 2.12 bits per heavy atom. The fraction of sp³-hybridized carbons (Fsp3) is 0.100. The van der Waals surface area contributed by atoms with Gasteiger partial charge in [0.2, 0.25) is 0 Å². The second kappa shape index (κ2) is 5.37. The van der Waals surface area contributed by atoms with E-state index in [1.165, 1.54) is 0 Å². The van der Waals surface area contributed by atoms with Crippen LogP contribution in [-0.2, 0) is 0 Å². The minimum atomic E-state index is -0.107. The molecular formula is C10H9Br2N3S. The van der Waals surface area contributed by atoms with E-state index >= 15 is 0 Å². The van der Waals surface area contributed by atoms with Gasteiger partial charge in [-0.3, -0.25) is 10.8 Å². The number of halogens is 2. The maximum Gasteiger partial charge on any atom is 0.0995 e. The second-order valence-corrected chi connectivity index (χ2v) is 5.76. The number of nitrogens with two attached hydrogens (primary N) is 1. The topological polar surface area (TPSA) is 50.9 Å². The number of pyridine rings is 1. The molecule has 84 valence electrons. The van der Waals surface area contributed by atoms with E-state index in [4.69, 9.17) is 5.84 Å². The van der Waals surface area contributed by atoms with Crippen LogP contribution in [0.2, 0.25) is 0 Å². The van der Waals surface area contributed by atoms with E-state index in [1.54, 1.807) is 17.5 Å². The summed E-state index contributed by atoms with van der Waals surface area (Å²) in [6.45, 7) is 0. The van der Waals surface area contributed by atoms with Gasteiger partial charge < -0.3 is 0 Å². The Balaban J connectivity index is 2.45. The lowest BCUT2D eigenvalue weighted by molar-refractivity contribution is 0.625. The average molecular weight is 363 g/mol. The molecule has 1 unspecified atom stereocenters. The summed E-state index contributed by atoms with van der Waals surface area (Å²) in [7, 11) is 0. The average Bonchev–Trinajstić information content (AvgIpc) is 2.69. The zero-order valence-corrected chi connectivity index (χ0v) is 12.1. The second-order valence-electron chi connectivity index (χ2n) is 3.10. The first-order chi connectivity index (χ1) is 7.74. The summed E-state index contributed by atoms with van der Waals surface area (Å²) in [5.74, 6) is 5.61. The smallest absolute Gasteiger partial charge is 0.0995 e. The molecule has 0 aliphatic carbocycles. The van der Waals surface area contributed by atoms with E-state index in [0.717, 1.165) is 19.5 Å². The number of nitrogens with one attached hydrogen (secondary N) is 1. The number of hydrogen-bond donors (Lipinski definition) is 2. The molecule has 6 heteroatoms. The predicted octanol–water partition coefficient (Wildman–Crippen LogP) is 3.22. The van der Waals surface area contributed by atoms with Crippen molar-refractivity contribution in [1.82, 2.24) is 10.4 Å². The largest absolute Gasteiger partial charge is 0.270 e. The molecule has 0 spiro atoms. The Kier molecular flexibility index (Phi) is 4.10. The van der Waals surface area contributed by atoms with Crippen molar-refractivity contribution in [2.45, 2.75) is 6.04 Å². The monoisotopic (exact) mass is 361 g/mol. The Labute approximate surface area is 114 Å². The van der Waals surface area contributed by atoms with Gasteiger partial charge in [-0.1, -0.05) is 0 Å². The molecule has 3 N–H and O–H groups in total. The first kappa shape index (κ1) is 12.2. The molecule has 2 rings (SSSR count). The molecule has 0 bridgehead atoms. The highest BCUT2D eigenvalue weighted by Crippen LogP contribution is 2.34. The van der Waals surface area contributed by atoms with Crippen LogP contribution in [0.25, 0.3) is 0 Å². The molecule has 0 fully saturated rings. The SMILES string of the molecule is NNC(c1ncccc1Br)c1sccc1Br. The van der Waals surface area contributed by atoms with Crippen LogP contribution in [0.4, 0.5) is 0 Å². The zero-order valence-electron chi connectivity index (χ0n) is 8.15. The summed E-state index contributed by atoms with van der Waals surface area (Å²) in [5.41, 5.74) is 3.67. The summed E-state index contributed by atoms with van der Waals surface area (Å²) < 4.78 is 1.98. The number of hydrazine groups is 1. The minimum absolute atomic E-state index is 0.107. The molecule has 3 nitrogen and oxygen atoms in total. The standard InChI is InChI=1S/C10H9Br2N3S/c11-6-2-1-4-14-8(6)9(15-13)10-7(12)3-5-16-10/h1-5,9,15H,13H2. The molecule has 2 aromatic rings. The Morgan fingerprint density at radius 1 is 1.31 bits per heavy atom. The third-order valence-corrected chi connectivity index (χ3v) is 4.74. The fourth-order valence-electron chi connectivity index (χ4n) is 1.40. The van der Waals surface area contributed by atoms with Gasteiger partial charge in [0.05, 0.1) is 11.7 Å². The highest BCUT2D eigenvalue weighted by Gasteiger charge is 2.20. The highest BCUT2D eigenvalue weighted by atomic mass is 79.9. The third-order valence-electron chi connectivity index (χ3n) is 2.13. The van der Waals surface area contributed by atoms with Crippen LogP contribution in [0.1, 0.15) is 16.6 Å². The van der Waals surface area contributed by atoms with Gasteiger partial charge in [-0.25, -0.2) is 5.43 Å². The fourth-order valence-corrected chi connectivity index (χ4v) is 3.55. The van der Waals surface area contributed by atoms with Crippen molar-refractivity contribution >= 4 is 43.2 Å². The van der Waals surface area contributed by atoms with Crippen molar-refractivity contribution in [1.29, 1.82) is 0 Å². The molecule has 0 aliphatic heterocycles. The van der Waals surface area contributed by atoms with Gasteiger partial charge in [0.25, 0.3) is 0 Å². The maximum absolute atomic E-state index is 5.61. The number of aromatic nitrogens is 1. The summed E-state index contributed by atoms with van der Waals surface area (Å²) >= 11 is 8.62. The van der Waals surface area contributed by atoms with Gasteiger partial charge in [-0.2, -0.15) is 0 Å². The van der Waals surface area contributed by atoms with Gasteiger partial charge in [0.1, 0.15) is 0 Å². The molecule has 0 aromatic carbocycles. The van der Waals surface area contributed by atoms with Crippen molar-refractivity contribution in [2.24, 2.45) is 5.84 Å². The molecule has 0 saturated heterocycles. The van der Waals surface area contributed by atoms with Crippen molar-refractivity contribution in [2.75, 3.05) is 0 Å². The van der Waals surface area contributed by atoms with Crippen LogP contribution >= 0.6 is 43.2 Å². The number of nitrogens with zero attached hydrogens (tertiary/aromatic N) is 1. The lowest BCUT2D eigenvalue weighted by atomic mass is 10.1. The van der Waals surface area contributed by atoms with E-state index in [-0.39, 0.29) is 6.04 Å². The molecule has 0 radical (unpaired) electrons. The van der Waals surface area contributed by atoms with Crippen LogP contribution in [0.3, 0.4) is 0 Å². The quantitative estimate of drug-likeness (QED) is 0.651. The van der Waals surface area contributed by atoms with E-state index in [0.29, 0.717) is 0 Å². The molecule has 2 heterocycles. The van der Waals surface area contributed by atoms with Gasteiger partial charge in [0.15, 0.2) is 0 Å². The van der Waals surface area contributed by atoms with Gasteiger partial charge >= 0.3 is 0 Å². The first-order valence-electron chi connectivity index (χ1n) is 4.53. The zero-order chi connectivity index (χ0) is 11.5. The van der Waals surface area contributed by atoms with Gasteiger partial charge in [0, 0.05) is 20.0 Å². The number of rotatable bonds is 3.